The molecule has 0 aliphatic carbocycles. The molecule has 1 aromatic heterocycles. The molecule has 0 bridgehead atoms. The average molecular weight is 227 g/mol. The van der Waals surface area contributed by atoms with E-state index in [0.29, 0.717) is 11.2 Å². The minimum Gasteiger partial charge on any atom is -0.339 e. The Morgan fingerprint density at radius 2 is 2.47 bits per heavy atom. The number of likely N-dealkylation sites (N-methyl/N-ethyl adjacent to an activating group) is 1. The predicted octanol–water partition coefficient (Wildman–Crippen LogP) is 1.32. The highest BCUT2D eigenvalue weighted by molar-refractivity contribution is 6.29. The SMILES string of the molecule is CNC1CCCN(c2nccc(Cl)n2)C1. The number of halogens is 1. The summed E-state index contributed by atoms with van der Waals surface area (Å²) in [6.45, 7) is 1.97. The van der Waals surface area contributed by atoms with Gasteiger partial charge in [0.15, 0.2) is 0 Å². The predicted molar refractivity (Wildman–Crippen MR) is 61.3 cm³/mol. The monoisotopic (exact) mass is 226 g/mol. The van der Waals surface area contributed by atoms with Gasteiger partial charge in [-0.3, -0.25) is 0 Å². The lowest BCUT2D eigenvalue weighted by molar-refractivity contribution is 0.445. The van der Waals surface area contributed by atoms with Gasteiger partial charge in [0.1, 0.15) is 5.15 Å². The highest BCUT2D eigenvalue weighted by Gasteiger charge is 2.20. The van der Waals surface area contributed by atoms with Crippen LogP contribution in [0, 0.1) is 0 Å². The number of hydrogen-bond acceptors (Lipinski definition) is 4. The van der Waals surface area contributed by atoms with E-state index in [1.165, 1.54) is 12.8 Å². The van der Waals surface area contributed by atoms with Crippen molar-refractivity contribution in [3.8, 4) is 0 Å². The Hall–Kier alpha value is -0.870. The van der Waals surface area contributed by atoms with Crippen molar-refractivity contribution in [2.45, 2.75) is 18.9 Å². The summed E-state index contributed by atoms with van der Waals surface area (Å²) in [7, 11) is 1.99. The molecule has 82 valence electrons. The zero-order valence-corrected chi connectivity index (χ0v) is 9.54. The maximum Gasteiger partial charge on any atom is 0.226 e. The van der Waals surface area contributed by atoms with Crippen LogP contribution >= 0.6 is 11.6 Å². The average Bonchev–Trinajstić information content (AvgIpc) is 2.29. The van der Waals surface area contributed by atoms with Gasteiger partial charge in [-0.15, -0.1) is 0 Å². The molecule has 1 aliphatic rings. The molecule has 1 N–H and O–H groups in total. The molecule has 5 heteroatoms. The molecule has 1 fully saturated rings. The van der Waals surface area contributed by atoms with E-state index in [1.807, 2.05) is 7.05 Å². The molecule has 1 aromatic rings. The maximum atomic E-state index is 5.84. The third kappa shape index (κ3) is 2.58. The first-order valence-electron chi connectivity index (χ1n) is 5.20. The van der Waals surface area contributed by atoms with Gasteiger partial charge in [0.25, 0.3) is 0 Å². The molecule has 0 amide bonds. The van der Waals surface area contributed by atoms with E-state index in [4.69, 9.17) is 11.6 Å². The second-order valence-electron chi connectivity index (χ2n) is 3.75. The summed E-state index contributed by atoms with van der Waals surface area (Å²) in [5, 5.41) is 3.79. The molecular formula is C10H15ClN4. The molecule has 1 atom stereocenters. The molecule has 2 rings (SSSR count). The molecule has 4 nitrogen and oxygen atoms in total. The van der Waals surface area contributed by atoms with Crippen LogP contribution in [0.2, 0.25) is 5.15 Å². The van der Waals surface area contributed by atoms with Crippen LogP contribution in [-0.4, -0.2) is 36.1 Å². The molecule has 0 radical (unpaired) electrons. The van der Waals surface area contributed by atoms with Gasteiger partial charge in [0.2, 0.25) is 5.95 Å². The molecule has 1 saturated heterocycles. The number of anilines is 1. The summed E-state index contributed by atoms with van der Waals surface area (Å²) in [4.78, 5) is 10.6. The molecule has 0 saturated carbocycles. The first kappa shape index (κ1) is 10.6. The van der Waals surface area contributed by atoms with Crippen LogP contribution in [0.5, 0.6) is 0 Å². The summed E-state index contributed by atoms with van der Waals surface area (Å²) in [6.07, 6.45) is 4.09. The van der Waals surface area contributed by atoms with Gasteiger partial charge in [0.05, 0.1) is 0 Å². The van der Waals surface area contributed by atoms with E-state index >= 15 is 0 Å². The van der Waals surface area contributed by atoms with Crippen molar-refractivity contribution in [2.24, 2.45) is 0 Å². The minimum atomic E-state index is 0.506. The van der Waals surface area contributed by atoms with E-state index in [2.05, 4.69) is 20.2 Å². The van der Waals surface area contributed by atoms with E-state index in [0.717, 1.165) is 19.0 Å². The summed E-state index contributed by atoms with van der Waals surface area (Å²) in [6, 6.07) is 2.23. The van der Waals surface area contributed by atoms with Crippen LogP contribution in [0.3, 0.4) is 0 Å². The first-order valence-corrected chi connectivity index (χ1v) is 5.58. The van der Waals surface area contributed by atoms with E-state index in [9.17, 15) is 0 Å². The van der Waals surface area contributed by atoms with Crippen molar-refractivity contribution in [2.75, 3.05) is 25.0 Å². The number of hydrogen-bond donors (Lipinski definition) is 1. The lowest BCUT2D eigenvalue weighted by Gasteiger charge is -2.32. The number of nitrogens with one attached hydrogen (secondary N) is 1. The van der Waals surface area contributed by atoms with Crippen LogP contribution in [0.25, 0.3) is 0 Å². The van der Waals surface area contributed by atoms with E-state index in [1.54, 1.807) is 12.3 Å². The topological polar surface area (TPSA) is 41.0 Å². The second kappa shape index (κ2) is 4.77. The van der Waals surface area contributed by atoms with Crippen molar-refractivity contribution < 1.29 is 0 Å². The van der Waals surface area contributed by atoms with Gasteiger partial charge in [-0.2, -0.15) is 0 Å². The van der Waals surface area contributed by atoms with E-state index < -0.39 is 0 Å². The zero-order chi connectivity index (χ0) is 10.7. The van der Waals surface area contributed by atoms with Gasteiger partial charge in [-0.1, -0.05) is 11.6 Å². The Morgan fingerprint density at radius 3 is 3.20 bits per heavy atom. The largest absolute Gasteiger partial charge is 0.339 e. The lowest BCUT2D eigenvalue weighted by atomic mass is 10.1. The molecule has 0 aromatic carbocycles. The highest BCUT2D eigenvalue weighted by atomic mass is 35.5. The van der Waals surface area contributed by atoms with Crippen molar-refractivity contribution >= 4 is 17.5 Å². The van der Waals surface area contributed by atoms with Gasteiger partial charge in [0, 0.05) is 25.3 Å². The number of nitrogens with zero attached hydrogens (tertiary/aromatic N) is 3. The fourth-order valence-corrected chi connectivity index (χ4v) is 2.01. The number of aromatic nitrogens is 2. The summed E-state index contributed by atoms with van der Waals surface area (Å²) in [5.41, 5.74) is 0. The first-order chi connectivity index (χ1) is 7.29. The Labute approximate surface area is 94.7 Å². The Bertz CT molecular complexity index is 331. The van der Waals surface area contributed by atoms with Crippen molar-refractivity contribution in [1.29, 1.82) is 0 Å². The smallest absolute Gasteiger partial charge is 0.226 e. The standard InChI is InChI=1S/C10H15ClN4/c1-12-8-3-2-6-15(7-8)10-13-5-4-9(11)14-10/h4-5,8,12H,2-3,6-7H2,1H3. The third-order valence-corrected chi connectivity index (χ3v) is 2.93. The van der Waals surface area contributed by atoms with Crippen LogP contribution in [0.1, 0.15) is 12.8 Å². The fourth-order valence-electron chi connectivity index (χ4n) is 1.87. The van der Waals surface area contributed by atoms with Crippen LogP contribution in [0.4, 0.5) is 5.95 Å². The Kier molecular flexibility index (Phi) is 3.38. The quantitative estimate of drug-likeness (QED) is 0.773. The summed E-state index contributed by atoms with van der Waals surface area (Å²) >= 11 is 5.84. The Balaban J connectivity index is 2.09. The molecule has 0 spiro atoms. The number of piperidine rings is 1. The Morgan fingerprint density at radius 1 is 1.60 bits per heavy atom. The molecular weight excluding hydrogens is 212 g/mol. The van der Waals surface area contributed by atoms with Crippen LogP contribution < -0.4 is 10.2 Å². The summed E-state index contributed by atoms with van der Waals surface area (Å²) in [5.74, 6) is 0.738. The van der Waals surface area contributed by atoms with E-state index in [-0.39, 0.29) is 0 Å². The molecule has 15 heavy (non-hydrogen) atoms. The van der Waals surface area contributed by atoms with Gasteiger partial charge in [-0.05, 0) is 26.0 Å². The highest BCUT2D eigenvalue weighted by Crippen LogP contribution is 2.16. The van der Waals surface area contributed by atoms with Gasteiger partial charge < -0.3 is 10.2 Å². The third-order valence-electron chi connectivity index (χ3n) is 2.72. The summed E-state index contributed by atoms with van der Waals surface area (Å²) < 4.78 is 0. The zero-order valence-electron chi connectivity index (χ0n) is 8.78. The van der Waals surface area contributed by atoms with Crippen molar-refractivity contribution in [3.05, 3.63) is 17.4 Å². The van der Waals surface area contributed by atoms with Gasteiger partial charge >= 0.3 is 0 Å². The lowest BCUT2D eigenvalue weighted by Crippen LogP contribution is -2.45. The van der Waals surface area contributed by atoms with Crippen molar-refractivity contribution in [3.63, 3.8) is 0 Å². The normalized spacial score (nSPS) is 21.7. The molecule has 1 aliphatic heterocycles. The minimum absolute atomic E-state index is 0.506. The maximum absolute atomic E-state index is 5.84. The van der Waals surface area contributed by atoms with Crippen LogP contribution in [-0.2, 0) is 0 Å². The van der Waals surface area contributed by atoms with Crippen molar-refractivity contribution in [1.82, 2.24) is 15.3 Å². The molecule has 1 unspecified atom stereocenters. The van der Waals surface area contributed by atoms with Crippen LogP contribution in [0.15, 0.2) is 12.3 Å². The molecule has 2 heterocycles. The number of rotatable bonds is 2. The fraction of sp³-hybridized carbons (Fsp3) is 0.600. The van der Waals surface area contributed by atoms with Gasteiger partial charge in [-0.25, -0.2) is 9.97 Å². The second-order valence-corrected chi connectivity index (χ2v) is 4.14.